The number of aliphatic hydroxyl groups is 1. The van der Waals surface area contributed by atoms with Crippen LogP contribution < -0.4 is 9.64 Å². The molecule has 1 aliphatic rings. The molecule has 1 atom stereocenters. The lowest BCUT2D eigenvalue weighted by molar-refractivity contribution is 0.179. The Morgan fingerprint density at radius 2 is 1.66 bits per heavy atom. The molecule has 3 aromatic rings. The third kappa shape index (κ3) is 4.85. The van der Waals surface area contributed by atoms with Crippen molar-refractivity contribution in [3.8, 4) is 11.5 Å². The summed E-state index contributed by atoms with van der Waals surface area (Å²) < 4.78 is 24.5. The maximum atomic E-state index is 13.6. The summed E-state index contributed by atoms with van der Waals surface area (Å²) in [5, 5.41) is 7.63. The maximum Gasteiger partial charge on any atom is 0.415 e. The largest absolute Gasteiger partial charge is 0.457 e. The molecule has 0 aromatic heterocycles. The average Bonchev–Trinajstić information content (AvgIpc) is 3.13. The Labute approximate surface area is 172 Å². The monoisotopic (exact) mass is 415 g/mol. The topological polar surface area (TPSA) is 59.0 Å². The quantitative estimate of drug-likeness (QED) is 0.604. The van der Waals surface area contributed by atoms with Crippen molar-refractivity contribution in [2.45, 2.75) is 6.04 Å². The highest BCUT2D eigenvalue weighted by Gasteiger charge is 2.35. The Bertz CT molecular complexity index is 963. The first kappa shape index (κ1) is 20.6. The Hall–Kier alpha value is -3.09. The number of hydrogen-bond donors (Lipinski definition) is 1. The standard InChI is InChI=1S/C21H15ClFNO3.CH4O/c22-15-4-8-18(9-5-15)27-19-10-6-17(7-11-19)24-20(13-26-21(24)25)14-2-1-3-16(23)12-14;1-2/h1-12,20H,13H2;2H,1H3. The van der Waals surface area contributed by atoms with Gasteiger partial charge in [-0.3, -0.25) is 4.90 Å². The van der Waals surface area contributed by atoms with E-state index in [0.29, 0.717) is 27.8 Å². The summed E-state index contributed by atoms with van der Waals surface area (Å²) in [4.78, 5) is 13.7. The van der Waals surface area contributed by atoms with Crippen molar-refractivity contribution < 1.29 is 23.8 Å². The van der Waals surface area contributed by atoms with Crippen LogP contribution in [0.5, 0.6) is 11.5 Å². The summed E-state index contributed by atoms with van der Waals surface area (Å²) in [5.41, 5.74) is 1.33. The predicted molar refractivity (Wildman–Crippen MR) is 109 cm³/mol. The molecule has 0 spiro atoms. The van der Waals surface area contributed by atoms with E-state index in [0.717, 1.165) is 7.11 Å². The summed E-state index contributed by atoms with van der Waals surface area (Å²) in [7, 11) is 1.00. The molecule has 1 unspecified atom stereocenters. The van der Waals surface area contributed by atoms with Crippen LogP contribution in [0, 0.1) is 5.82 Å². The van der Waals surface area contributed by atoms with Gasteiger partial charge in [0.25, 0.3) is 0 Å². The van der Waals surface area contributed by atoms with Gasteiger partial charge in [0.15, 0.2) is 0 Å². The van der Waals surface area contributed by atoms with Crippen molar-refractivity contribution in [2.75, 3.05) is 18.6 Å². The second kappa shape index (κ2) is 9.41. The highest BCUT2D eigenvalue weighted by molar-refractivity contribution is 6.30. The van der Waals surface area contributed by atoms with Gasteiger partial charge in [0.05, 0.1) is 6.04 Å². The van der Waals surface area contributed by atoms with E-state index in [1.54, 1.807) is 60.7 Å². The number of aliphatic hydroxyl groups excluding tert-OH is 1. The van der Waals surface area contributed by atoms with Crippen LogP contribution >= 0.6 is 11.6 Å². The van der Waals surface area contributed by atoms with Gasteiger partial charge in [0, 0.05) is 17.8 Å². The first-order valence-electron chi connectivity index (χ1n) is 8.80. The third-order valence-corrected chi connectivity index (χ3v) is 4.52. The van der Waals surface area contributed by atoms with Crippen LogP contribution in [0.1, 0.15) is 11.6 Å². The highest BCUT2D eigenvalue weighted by Crippen LogP contribution is 2.34. The summed E-state index contributed by atoms with van der Waals surface area (Å²) >= 11 is 5.87. The molecule has 0 bridgehead atoms. The molecule has 1 aliphatic heterocycles. The number of rotatable bonds is 4. The van der Waals surface area contributed by atoms with Crippen molar-refractivity contribution in [2.24, 2.45) is 0 Å². The second-order valence-corrected chi connectivity index (χ2v) is 6.50. The van der Waals surface area contributed by atoms with Gasteiger partial charge >= 0.3 is 6.09 Å². The number of amides is 1. The lowest BCUT2D eigenvalue weighted by Crippen LogP contribution is -2.27. The number of carbonyl (C=O) groups is 1. The molecule has 3 aromatic carbocycles. The normalized spacial score (nSPS) is 15.4. The molecule has 1 heterocycles. The Morgan fingerprint density at radius 3 is 2.28 bits per heavy atom. The molecule has 0 saturated carbocycles. The van der Waals surface area contributed by atoms with Crippen molar-refractivity contribution >= 4 is 23.4 Å². The van der Waals surface area contributed by atoms with Crippen LogP contribution in [0.3, 0.4) is 0 Å². The van der Waals surface area contributed by atoms with E-state index < -0.39 is 6.09 Å². The molecule has 1 saturated heterocycles. The molecule has 1 N–H and O–H groups in total. The lowest BCUT2D eigenvalue weighted by atomic mass is 10.1. The van der Waals surface area contributed by atoms with Gasteiger partial charge in [-0.15, -0.1) is 0 Å². The summed E-state index contributed by atoms with van der Waals surface area (Å²) in [6, 6.07) is 19.9. The van der Waals surface area contributed by atoms with Gasteiger partial charge in [-0.2, -0.15) is 0 Å². The zero-order valence-corrected chi connectivity index (χ0v) is 16.3. The fraction of sp³-hybridized carbons (Fsp3) is 0.136. The second-order valence-electron chi connectivity index (χ2n) is 6.07. The molecule has 29 heavy (non-hydrogen) atoms. The number of ether oxygens (including phenoxy) is 2. The van der Waals surface area contributed by atoms with E-state index in [9.17, 15) is 9.18 Å². The van der Waals surface area contributed by atoms with E-state index >= 15 is 0 Å². The number of benzene rings is 3. The summed E-state index contributed by atoms with van der Waals surface area (Å²) in [6.45, 7) is 0.172. The fourth-order valence-electron chi connectivity index (χ4n) is 2.98. The Morgan fingerprint density at radius 1 is 1.03 bits per heavy atom. The van der Waals surface area contributed by atoms with Crippen LogP contribution in [0.2, 0.25) is 5.02 Å². The minimum absolute atomic E-state index is 0.172. The number of anilines is 1. The smallest absolute Gasteiger partial charge is 0.415 e. The zero-order valence-electron chi connectivity index (χ0n) is 15.6. The summed E-state index contributed by atoms with van der Waals surface area (Å²) in [6.07, 6.45) is -0.462. The minimum atomic E-state index is -0.462. The van der Waals surface area contributed by atoms with Gasteiger partial charge in [-0.05, 0) is 66.2 Å². The van der Waals surface area contributed by atoms with Crippen molar-refractivity contribution in [3.05, 3.63) is 89.2 Å². The number of carbonyl (C=O) groups excluding carboxylic acids is 1. The number of halogens is 2. The minimum Gasteiger partial charge on any atom is -0.457 e. The number of nitrogens with zero attached hydrogens (tertiary/aromatic N) is 1. The lowest BCUT2D eigenvalue weighted by Gasteiger charge is -2.22. The molecule has 4 rings (SSSR count). The van der Waals surface area contributed by atoms with Gasteiger partial charge in [-0.1, -0.05) is 23.7 Å². The van der Waals surface area contributed by atoms with Crippen molar-refractivity contribution in [1.29, 1.82) is 0 Å². The van der Waals surface area contributed by atoms with Gasteiger partial charge in [0.1, 0.15) is 23.9 Å². The van der Waals surface area contributed by atoms with Crippen molar-refractivity contribution in [3.63, 3.8) is 0 Å². The molecule has 7 heteroatoms. The van der Waals surface area contributed by atoms with Crippen LogP contribution in [-0.2, 0) is 4.74 Å². The van der Waals surface area contributed by atoms with Crippen LogP contribution in [0.4, 0.5) is 14.9 Å². The van der Waals surface area contributed by atoms with Gasteiger partial charge < -0.3 is 14.6 Å². The number of cyclic esters (lactones) is 1. The highest BCUT2D eigenvalue weighted by atomic mass is 35.5. The average molecular weight is 416 g/mol. The van der Waals surface area contributed by atoms with Crippen LogP contribution in [0.25, 0.3) is 0 Å². The molecule has 150 valence electrons. The van der Waals surface area contributed by atoms with E-state index in [-0.39, 0.29) is 18.5 Å². The van der Waals surface area contributed by atoms with Gasteiger partial charge in [-0.25, -0.2) is 9.18 Å². The number of hydrogen-bond acceptors (Lipinski definition) is 4. The molecule has 1 fully saturated rings. The first-order chi connectivity index (χ1) is 14.1. The molecular weight excluding hydrogens is 397 g/mol. The van der Waals surface area contributed by atoms with Crippen LogP contribution in [-0.4, -0.2) is 24.9 Å². The third-order valence-electron chi connectivity index (χ3n) is 4.27. The molecule has 0 aliphatic carbocycles. The maximum absolute atomic E-state index is 13.6. The fourth-order valence-corrected chi connectivity index (χ4v) is 3.11. The molecule has 1 amide bonds. The van der Waals surface area contributed by atoms with Gasteiger partial charge in [0.2, 0.25) is 0 Å². The Kier molecular flexibility index (Phi) is 6.69. The Balaban J connectivity index is 0.00000117. The molecule has 0 radical (unpaired) electrons. The van der Waals surface area contributed by atoms with Crippen molar-refractivity contribution in [1.82, 2.24) is 0 Å². The first-order valence-corrected chi connectivity index (χ1v) is 9.17. The molecular formula is C22H19ClFNO4. The molecule has 5 nitrogen and oxygen atoms in total. The van der Waals surface area contributed by atoms with Crippen LogP contribution in [0.15, 0.2) is 72.8 Å². The SMILES string of the molecule is CO.O=C1OCC(c2cccc(F)c2)N1c1ccc(Oc2ccc(Cl)cc2)cc1. The van der Waals surface area contributed by atoms with E-state index in [2.05, 4.69) is 0 Å². The zero-order chi connectivity index (χ0) is 20.8. The summed E-state index contributed by atoms with van der Waals surface area (Å²) in [5.74, 6) is 0.930. The predicted octanol–water partition coefficient (Wildman–Crippen LogP) is 5.58. The van der Waals surface area contributed by atoms with E-state index in [1.165, 1.54) is 17.0 Å². The van der Waals surface area contributed by atoms with E-state index in [4.69, 9.17) is 26.2 Å². The van der Waals surface area contributed by atoms with E-state index in [1.807, 2.05) is 0 Å².